The third-order valence-electron chi connectivity index (χ3n) is 1.81. The predicted molar refractivity (Wildman–Crippen MR) is 55.5 cm³/mol. The van der Waals surface area contributed by atoms with E-state index >= 15 is 0 Å². The minimum atomic E-state index is -0.328. The van der Waals surface area contributed by atoms with Crippen molar-refractivity contribution in [3.05, 3.63) is 53.4 Å². The number of hydrogen-bond acceptors (Lipinski definition) is 4. The van der Waals surface area contributed by atoms with Crippen LogP contribution in [0, 0.1) is 17.3 Å². The largest absolute Gasteiger partial charge is 0.409 e. The van der Waals surface area contributed by atoms with Crippen LogP contribution in [0.25, 0.3) is 0 Å². The molecule has 0 radical (unpaired) electrons. The van der Waals surface area contributed by atoms with Crippen LogP contribution < -0.4 is 5.62 Å². The van der Waals surface area contributed by atoms with E-state index in [9.17, 15) is 0 Å². The molecule has 5 heteroatoms. The van der Waals surface area contributed by atoms with Gasteiger partial charge in [-0.3, -0.25) is 5.41 Å². The molecule has 2 N–H and O–H groups in total. The molecule has 0 aliphatic rings. The first-order valence-corrected chi connectivity index (χ1v) is 4.53. The molecule has 1 aromatic carbocycles. The first kappa shape index (κ1) is 9.93. The van der Waals surface area contributed by atoms with E-state index in [-0.39, 0.29) is 5.62 Å². The molecule has 0 saturated heterocycles. The lowest BCUT2D eigenvalue weighted by Crippen LogP contribution is -2.23. The minimum Gasteiger partial charge on any atom is -0.409 e. The third-order valence-corrected chi connectivity index (χ3v) is 1.81. The zero-order valence-electron chi connectivity index (χ0n) is 8.25. The summed E-state index contributed by atoms with van der Waals surface area (Å²) in [5.74, 6) is 5.61. The normalized spacial score (nSPS) is 9.25. The number of hydrogen-bond donors (Lipinski definition) is 2. The van der Waals surface area contributed by atoms with Crippen molar-refractivity contribution in [2.45, 2.75) is 0 Å². The standard InChI is InChI=1S/C11H8N4O/c12-11-13-8-10(14-15(11)16)7-6-9-4-2-1-3-5-9/h1-5,8,12,16H. The van der Waals surface area contributed by atoms with Crippen LogP contribution in [0.3, 0.4) is 0 Å². The maximum atomic E-state index is 9.09. The Bertz CT molecular complexity index is 607. The molecule has 5 nitrogen and oxygen atoms in total. The summed E-state index contributed by atoms with van der Waals surface area (Å²) in [5.41, 5.74) is 0.830. The lowest BCUT2D eigenvalue weighted by atomic mass is 10.2. The number of benzene rings is 1. The molecule has 0 saturated carbocycles. The van der Waals surface area contributed by atoms with Gasteiger partial charge >= 0.3 is 0 Å². The number of nitrogens with zero attached hydrogens (tertiary/aromatic N) is 3. The highest BCUT2D eigenvalue weighted by Gasteiger charge is 1.93. The monoisotopic (exact) mass is 212 g/mol. The lowest BCUT2D eigenvalue weighted by Gasteiger charge is -1.93. The Hall–Kier alpha value is -2.61. The molecule has 2 aromatic rings. The fourth-order valence-corrected chi connectivity index (χ4v) is 1.06. The molecule has 1 aromatic heterocycles. The fourth-order valence-electron chi connectivity index (χ4n) is 1.06. The summed E-state index contributed by atoms with van der Waals surface area (Å²) in [4.78, 5) is 3.99. The maximum Gasteiger partial charge on any atom is 0.276 e. The highest BCUT2D eigenvalue weighted by atomic mass is 16.5. The lowest BCUT2D eigenvalue weighted by molar-refractivity contribution is 0.123. The molecule has 16 heavy (non-hydrogen) atoms. The molecule has 0 fully saturated rings. The highest BCUT2D eigenvalue weighted by molar-refractivity contribution is 5.38. The summed E-state index contributed by atoms with van der Waals surface area (Å²) in [6, 6.07) is 9.41. The van der Waals surface area contributed by atoms with Gasteiger partial charge in [-0.15, -0.1) is 5.10 Å². The Kier molecular flexibility index (Phi) is 2.65. The fraction of sp³-hybridized carbons (Fsp3) is 0. The van der Waals surface area contributed by atoms with Gasteiger partial charge in [-0.1, -0.05) is 29.0 Å². The van der Waals surface area contributed by atoms with Gasteiger partial charge in [0.15, 0.2) is 5.69 Å². The molecule has 0 aliphatic heterocycles. The van der Waals surface area contributed by atoms with Crippen LogP contribution in [0.4, 0.5) is 0 Å². The maximum absolute atomic E-state index is 9.09. The first-order chi connectivity index (χ1) is 7.75. The number of nitrogens with one attached hydrogen (secondary N) is 1. The van der Waals surface area contributed by atoms with Crippen LogP contribution in [0.2, 0.25) is 0 Å². The van der Waals surface area contributed by atoms with Crippen molar-refractivity contribution in [2.75, 3.05) is 0 Å². The van der Waals surface area contributed by atoms with E-state index in [1.54, 1.807) is 0 Å². The van der Waals surface area contributed by atoms with Crippen LogP contribution >= 0.6 is 0 Å². The van der Waals surface area contributed by atoms with E-state index in [2.05, 4.69) is 21.9 Å². The van der Waals surface area contributed by atoms with Crippen molar-refractivity contribution in [1.29, 1.82) is 5.41 Å². The van der Waals surface area contributed by atoms with Gasteiger partial charge in [-0.25, -0.2) is 4.98 Å². The second-order valence-electron chi connectivity index (χ2n) is 2.97. The van der Waals surface area contributed by atoms with Gasteiger partial charge in [0.2, 0.25) is 0 Å². The molecular weight excluding hydrogens is 204 g/mol. The Morgan fingerprint density at radius 2 is 1.94 bits per heavy atom. The summed E-state index contributed by atoms with van der Waals surface area (Å²) in [6.45, 7) is 0. The topological polar surface area (TPSA) is 74.8 Å². The zero-order valence-corrected chi connectivity index (χ0v) is 8.25. The Morgan fingerprint density at radius 3 is 2.62 bits per heavy atom. The van der Waals surface area contributed by atoms with Crippen molar-refractivity contribution in [1.82, 2.24) is 14.9 Å². The van der Waals surface area contributed by atoms with Gasteiger partial charge in [-0.05, 0) is 18.1 Å². The molecule has 0 unspecified atom stereocenters. The van der Waals surface area contributed by atoms with Crippen LogP contribution in [-0.4, -0.2) is 20.1 Å². The minimum absolute atomic E-state index is 0.308. The summed E-state index contributed by atoms with van der Waals surface area (Å²) >= 11 is 0. The average molecular weight is 212 g/mol. The summed E-state index contributed by atoms with van der Waals surface area (Å²) in [6.07, 6.45) is 1.34. The molecule has 0 amide bonds. The average Bonchev–Trinajstić information content (AvgIpc) is 2.32. The SMILES string of the molecule is N=c1ncc(C#Cc2ccccc2)nn1O. The second-order valence-corrected chi connectivity index (χ2v) is 2.97. The summed E-state index contributed by atoms with van der Waals surface area (Å²) in [5, 5.41) is 19.8. The molecule has 0 spiro atoms. The Morgan fingerprint density at radius 1 is 1.19 bits per heavy atom. The number of aromatic nitrogens is 3. The van der Waals surface area contributed by atoms with Crippen LogP contribution in [0.1, 0.15) is 11.3 Å². The summed E-state index contributed by atoms with van der Waals surface area (Å²) < 4.78 is 0. The molecule has 0 atom stereocenters. The Balaban J connectivity index is 2.31. The van der Waals surface area contributed by atoms with E-state index in [0.717, 1.165) is 5.56 Å². The summed E-state index contributed by atoms with van der Waals surface area (Å²) in [7, 11) is 0. The van der Waals surface area contributed by atoms with Crippen molar-refractivity contribution in [2.24, 2.45) is 0 Å². The first-order valence-electron chi connectivity index (χ1n) is 4.53. The van der Waals surface area contributed by atoms with Gasteiger partial charge in [0, 0.05) is 5.56 Å². The molecule has 0 aliphatic carbocycles. The van der Waals surface area contributed by atoms with Crippen molar-refractivity contribution >= 4 is 0 Å². The second kappa shape index (κ2) is 4.28. The molecule has 0 bridgehead atoms. The highest BCUT2D eigenvalue weighted by Crippen LogP contribution is 1.95. The zero-order chi connectivity index (χ0) is 11.4. The molecule has 78 valence electrons. The predicted octanol–water partition coefficient (Wildman–Crippen LogP) is 0.395. The van der Waals surface area contributed by atoms with Crippen LogP contribution in [0.15, 0.2) is 36.5 Å². The van der Waals surface area contributed by atoms with Gasteiger partial charge in [-0.2, -0.15) is 0 Å². The van der Waals surface area contributed by atoms with E-state index in [0.29, 0.717) is 10.5 Å². The Labute approximate surface area is 91.5 Å². The molecule has 1 heterocycles. The van der Waals surface area contributed by atoms with Crippen LogP contribution in [0.5, 0.6) is 0 Å². The third kappa shape index (κ3) is 2.25. The van der Waals surface area contributed by atoms with Gasteiger partial charge in [0.1, 0.15) is 0 Å². The van der Waals surface area contributed by atoms with Crippen molar-refractivity contribution in [3.8, 4) is 11.8 Å². The van der Waals surface area contributed by atoms with Crippen molar-refractivity contribution in [3.63, 3.8) is 0 Å². The van der Waals surface area contributed by atoms with Crippen molar-refractivity contribution < 1.29 is 5.21 Å². The van der Waals surface area contributed by atoms with E-state index < -0.39 is 0 Å². The van der Waals surface area contributed by atoms with Crippen LogP contribution in [-0.2, 0) is 0 Å². The van der Waals surface area contributed by atoms with Gasteiger partial charge in [0.05, 0.1) is 6.20 Å². The number of rotatable bonds is 0. The smallest absolute Gasteiger partial charge is 0.276 e. The van der Waals surface area contributed by atoms with E-state index in [1.165, 1.54) is 6.20 Å². The molecular formula is C11H8N4O. The quantitative estimate of drug-likeness (QED) is 0.490. The molecule has 2 rings (SSSR count). The van der Waals surface area contributed by atoms with E-state index in [4.69, 9.17) is 10.6 Å². The van der Waals surface area contributed by atoms with Gasteiger partial charge in [0.25, 0.3) is 5.62 Å². The van der Waals surface area contributed by atoms with E-state index in [1.807, 2.05) is 30.3 Å². The van der Waals surface area contributed by atoms with Gasteiger partial charge < -0.3 is 5.21 Å².